The van der Waals surface area contributed by atoms with E-state index in [2.05, 4.69) is 65.2 Å². The largest absolute Gasteiger partial charge is 0.309 e. The smallest absolute Gasteiger partial charge is 0.166 e. The lowest BCUT2D eigenvalue weighted by atomic mass is 10.1. The fourth-order valence-corrected chi connectivity index (χ4v) is 5.24. The number of hydrogen-bond acceptors (Lipinski definition) is 4. The Balaban J connectivity index is 1.48. The van der Waals surface area contributed by atoms with E-state index in [1.165, 1.54) is 10.8 Å². The number of fused-ring (bicyclic) bond motifs is 3. The topological polar surface area (TPSA) is 60.7 Å². The molecular weight excluding hydrogens is 492 g/mol. The minimum Gasteiger partial charge on any atom is -0.309 e. The number of para-hydroxylation sites is 3. The van der Waals surface area contributed by atoms with Crippen molar-refractivity contribution in [2.45, 2.75) is 6.92 Å². The van der Waals surface area contributed by atoms with Crippen LogP contribution in [0.25, 0.3) is 61.7 Å². The molecule has 0 fully saturated rings. The summed E-state index contributed by atoms with van der Waals surface area (Å²) in [6, 6.07) is 42.5. The summed E-state index contributed by atoms with van der Waals surface area (Å²) in [5.74, 6) is 1.74. The number of hydrogen-bond donors (Lipinski definition) is 0. The molecule has 0 bridgehead atoms. The lowest BCUT2D eigenvalue weighted by Crippen LogP contribution is -2.03. The van der Waals surface area contributed by atoms with Gasteiger partial charge in [0, 0.05) is 33.0 Å². The quantitative estimate of drug-likeness (QED) is 0.217. The van der Waals surface area contributed by atoms with Crippen molar-refractivity contribution < 1.29 is 4.79 Å². The first kappa shape index (κ1) is 23.7. The molecule has 0 aliphatic carbocycles. The molecule has 2 heterocycles. The molecule has 0 amide bonds. The molecule has 7 aromatic rings. The monoisotopic (exact) mass is 516 g/mol. The van der Waals surface area contributed by atoms with Gasteiger partial charge in [0.25, 0.3) is 0 Å². The minimum absolute atomic E-state index is 0.0213. The molecule has 0 aliphatic rings. The Morgan fingerprint density at radius 2 is 1.02 bits per heavy atom. The number of carbonyl (C=O) groups excluding carboxylic acids is 1. The summed E-state index contributed by atoms with van der Waals surface area (Å²) in [7, 11) is 0. The average molecular weight is 517 g/mol. The molecule has 2 aromatic heterocycles. The molecule has 5 heteroatoms. The summed E-state index contributed by atoms with van der Waals surface area (Å²) in [6.07, 6.45) is 0. The highest BCUT2D eigenvalue weighted by Gasteiger charge is 2.18. The molecule has 0 unspecified atom stereocenters. The zero-order chi connectivity index (χ0) is 27.1. The summed E-state index contributed by atoms with van der Waals surface area (Å²) in [5, 5.41) is 2.39. The third kappa shape index (κ3) is 4.05. The molecule has 0 spiro atoms. The summed E-state index contributed by atoms with van der Waals surface area (Å²) in [6.45, 7) is 1.56. The molecule has 0 saturated carbocycles. The van der Waals surface area contributed by atoms with Gasteiger partial charge < -0.3 is 4.57 Å². The van der Waals surface area contributed by atoms with E-state index in [0.29, 0.717) is 23.0 Å². The number of nitrogens with zero attached hydrogens (tertiary/aromatic N) is 4. The molecule has 0 saturated heterocycles. The first-order valence-electron chi connectivity index (χ1n) is 13.2. The fraction of sp³-hybridized carbons (Fsp3) is 0.0286. The first-order chi connectivity index (χ1) is 19.7. The summed E-state index contributed by atoms with van der Waals surface area (Å²) < 4.78 is 2.29. The predicted octanol–water partition coefficient (Wildman–Crippen LogP) is 8.17. The molecule has 0 radical (unpaired) electrons. The second kappa shape index (κ2) is 9.71. The van der Waals surface area contributed by atoms with Gasteiger partial charge in [-0.05, 0) is 31.2 Å². The van der Waals surface area contributed by atoms with Crippen molar-refractivity contribution in [3.05, 3.63) is 133 Å². The molecule has 5 aromatic carbocycles. The van der Waals surface area contributed by atoms with Crippen LogP contribution in [0, 0.1) is 0 Å². The minimum atomic E-state index is 0.0213. The van der Waals surface area contributed by atoms with E-state index in [1.54, 1.807) is 6.92 Å². The number of ketones is 1. The highest BCUT2D eigenvalue weighted by molar-refractivity contribution is 6.09. The normalized spacial score (nSPS) is 11.2. The Labute approximate surface area is 231 Å². The van der Waals surface area contributed by atoms with Crippen LogP contribution in [0.1, 0.15) is 17.3 Å². The van der Waals surface area contributed by atoms with Crippen molar-refractivity contribution in [3.8, 4) is 39.9 Å². The fourth-order valence-electron chi connectivity index (χ4n) is 5.24. The van der Waals surface area contributed by atoms with Crippen molar-refractivity contribution in [3.63, 3.8) is 0 Å². The van der Waals surface area contributed by atoms with E-state index in [1.807, 2.05) is 66.7 Å². The molecule has 7 rings (SSSR count). The standard InChI is InChI=1S/C35H24N4O/c1-23(40)24-19-21-26(22-20-24)34-36-33(25-11-3-2-4-12-25)37-35(38-34)29-15-7-10-18-32(29)39-30-16-8-5-13-27(30)28-14-6-9-17-31(28)39/h2-22H,1H3. The number of rotatable bonds is 5. The van der Waals surface area contributed by atoms with Crippen molar-refractivity contribution in [1.82, 2.24) is 19.5 Å². The van der Waals surface area contributed by atoms with Crippen LogP contribution in [0.15, 0.2) is 127 Å². The summed E-state index contributed by atoms with van der Waals surface area (Å²) in [5.41, 5.74) is 6.50. The maximum absolute atomic E-state index is 11.9. The maximum atomic E-state index is 11.9. The zero-order valence-corrected chi connectivity index (χ0v) is 21.8. The van der Waals surface area contributed by atoms with Crippen LogP contribution in [0.2, 0.25) is 0 Å². The first-order valence-corrected chi connectivity index (χ1v) is 13.2. The lowest BCUT2D eigenvalue weighted by Gasteiger charge is -2.14. The van der Waals surface area contributed by atoms with Gasteiger partial charge in [0.05, 0.1) is 16.7 Å². The third-order valence-corrected chi connectivity index (χ3v) is 7.18. The van der Waals surface area contributed by atoms with Gasteiger partial charge in [0.1, 0.15) is 0 Å². The van der Waals surface area contributed by atoms with Crippen LogP contribution in [0.5, 0.6) is 0 Å². The second-order valence-electron chi connectivity index (χ2n) is 9.69. The number of aromatic nitrogens is 4. The molecule has 190 valence electrons. The van der Waals surface area contributed by atoms with Crippen LogP contribution in [-0.2, 0) is 0 Å². The summed E-state index contributed by atoms with van der Waals surface area (Å²) >= 11 is 0. The van der Waals surface area contributed by atoms with Crippen LogP contribution >= 0.6 is 0 Å². The molecular formula is C35H24N4O. The van der Waals surface area contributed by atoms with Gasteiger partial charge in [-0.2, -0.15) is 0 Å². The van der Waals surface area contributed by atoms with Gasteiger partial charge in [-0.1, -0.05) is 103 Å². The van der Waals surface area contributed by atoms with E-state index in [4.69, 9.17) is 15.0 Å². The van der Waals surface area contributed by atoms with Crippen molar-refractivity contribution in [2.24, 2.45) is 0 Å². The van der Waals surface area contributed by atoms with Crippen LogP contribution < -0.4 is 0 Å². The van der Waals surface area contributed by atoms with E-state index in [0.717, 1.165) is 33.4 Å². The SMILES string of the molecule is CC(=O)c1ccc(-c2nc(-c3ccccc3)nc(-c3ccccc3-n3c4ccccc4c4ccccc43)n2)cc1. The van der Waals surface area contributed by atoms with Gasteiger partial charge in [-0.25, -0.2) is 15.0 Å². The zero-order valence-electron chi connectivity index (χ0n) is 21.8. The Kier molecular flexibility index (Phi) is 5.75. The van der Waals surface area contributed by atoms with Gasteiger partial charge >= 0.3 is 0 Å². The van der Waals surface area contributed by atoms with E-state index >= 15 is 0 Å². The molecule has 40 heavy (non-hydrogen) atoms. The van der Waals surface area contributed by atoms with Gasteiger partial charge in [-0.15, -0.1) is 0 Å². The highest BCUT2D eigenvalue weighted by Crippen LogP contribution is 2.36. The highest BCUT2D eigenvalue weighted by atomic mass is 16.1. The van der Waals surface area contributed by atoms with E-state index < -0.39 is 0 Å². The van der Waals surface area contributed by atoms with Gasteiger partial charge in [-0.3, -0.25) is 4.79 Å². The average Bonchev–Trinajstić information content (AvgIpc) is 3.35. The number of benzene rings is 5. The lowest BCUT2D eigenvalue weighted by molar-refractivity contribution is 0.101. The Bertz CT molecular complexity index is 1970. The Morgan fingerprint density at radius 3 is 1.65 bits per heavy atom. The van der Waals surface area contributed by atoms with Crippen molar-refractivity contribution in [2.75, 3.05) is 0 Å². The number of Topliss-reactive ketones (excluding diaryl/α,β-unsaturated/α-hetero) is 1. The maximum Gasteiger partial charge on any atom is 0.166 e. The predicted molar refractivity (Wildman–Crippen MR) is 160 cm³/mol. The van der Waals surface area contributed by atoms with Gasteiger partial charge in [0.2, 0.25) is 0 Å². The Morgan fingerprint density at radius 1 is 0.525 bits per heavy atom. The molecule has 5 nitrogen and oxygen atoms in total. The van der Waals surface area contributed by atoms with Crippen LogP contribution in [0.4, 0.5) is 0 Å². The Hall–Kier alpha value is -5.42. The van der Waals surface area contributed by atoms with Crippen LogP contribution in [-0.4, -0.2) is 25.3 Å². The number of carbonyl (C=O) groups is 1. The van der Waals surface area contributed by atoms with Gasteiger partial charge in [0.15, 0.2) is 23.3 Å². The second-order valence-corrected chi connectivity index (χ2v) is 9.69. The molecule has 0 aliphatic heterocycles. The van der Waals surface area contributed by atoms with Crippen molar-refractivity contribution in [1.29, 1.82) is 0 Å². The molecule has 0 N–H and O–H groups in total. The van der Waals surface area contributed by atoms with E-state index in [-0.39, 0.29) is 5.78 Å². The summed E-state index contributed by atoms with van der Waals surface area (Å²) in [4.78, 5) is 26.7. The molecule has 0 atom stereocenters. The van der Waals surface area contributed by atoms with Crippen molar-refractivity contribution >= 4 is 27.6 Å². The van der Waals surface area contributed by atoms with Crippen LogP contribution in [0.3, 0.4) is 0 Å². The van der Waals surface area contributed by atoms with E-state index in [9.17, 15) is 4.79 Å². The third-order valence-electron chi connectivity index (χ3n) is 7.18.